The zero-order valence-corrected chi connectivity index (χ0v) is 15.2. The minimum atomic E-state index is -1.21. The Bertz CT molecular complexity index is 1060. The molecule has 0 saturated carbocycles. The predicted octanol–water partition coefficient (Wildman–Crippen LogP) is 0.534. The van der Waals surface area contributed by atoms with Gasteiger partial charge in [0, 0.05) is 11.1 Å². The molecular formula is C19H13N5O3S. The number of nitrogens with one attached hydrogen (secondary N) is 3. The molecule has 1 spiro atoms. The number of thiocarbonyl (C=S) groups is 1. The number of nitrogens with zero attached hydrogens (tertiary/aromatic N) is 2. The van der Waals surface area contributed by atoms with Gasteiger partial charge in [-0.15, -0.1) is 5.10 Å². The maximum absolute atomic E-state index is 13.4. The molecule has 2 aromatic carbocycles. The standard InChI is InChI=1S/C19H13N5O3S/c25-14-9-15(26)24(18(28)20-14)17-21-16(27)19(23-22-17)12-7-3-1-5-10(12)11-6-2-4-8-13(11)19/h1-8,23H,9H2,(H,20,25,28)(H,21,22,27). The third-order valence-electron chi connectivity index (χ3n) is 5.07. The van der Waals surface area contributed by atoms with Gasteiger partial charge in [-0.2, -0.15) is 0 Å². The molecule has 0 radical (unpaired) electrons. The third kappa shape index (κ3) is 2.07. The van der Waals surface area contributed by atoms with Gasteiger partial charge in [0.2, 0.25) is 17.8 Å². The lowest BCUT2D eigenvalue weighted by atomic mass is 9.86. The number of hydrogen-bond donors (Lipinski definition) is 3. The molecule has 3 aliphatic rings. The zero-order valence-electron chi connectivity index (χ0n) is 14.4. The summed E-state index contributed by atoms with van der Waals surface area (Å²) in [5.74, 6) is -1.50. The lowest BCUT2D eigenvalue weighted by Crippen LogP contribution is -2.65. The molecular weight excluding hydrogens is 378 g/mol. The summed E-state index contributed by atoms with van der Waals surface area (Å²) in [6.07, 6.45) is -0.369. The van der Waals surface area contributed by atoms with E-state index in [4.69, 9.17) is 12.2 Å². The van der Waals surface area contributed by atoms with Crippen LogP contribution in [0.2, 0.25) is 0 Å². The first-order valence-electron chi connectivity index (χ1n) is 8.55. The highest BCUT2D eigenvalue weighted by Gasteiger charge is 2.52. The molecule has 3 N–H and O–H groups in total. The van der Waals surface area contributed by atoms with E-state index >= 15 is 0 Å². The second-order valence-electron chi connectivity index (χ2n) is 6.60. The highest BCUT2D eigenvalue weighted by atomic mass is 32.1. The lowest BCUT2D eigenvalue weighted by Gasteiger charge is -2.37. The molecule has 0 atom stereocenters. The van der Waals surface area contributed by atoms with E-state index in [0.29, 0.717) is 0 Å². The van der Waals surface area contributed by atoms with Crippen LogP contribution in [0.15, 0.2) is 53.6 Å². The van der Waals surface area contributed by atoms with Gasteiger partial charge in [0.05, 0.1) is 0 Å². The van der Waals surface area contributed by atoms with Crippen LogP contribution in [0.1, 0.15) is 17.5 Å². The van der Waals surface area contributed by atoms with Crippen LogP contribution in [-0.4, -0.2) is 33.7 Å². The first-order chi connectivity index (χ1) is 13.5. The van der Waals surface area contributed by atoms with Crippen molar-refractivity contribution in [3.8, 4) is 11.1 Å². The van der Waals surface area contributed by atoms with E-state index in [1.165, 1.54) is 0 Å². The molecule has 138 valence electrons. The van der Waals surface area contributed by atoms with E-state index in [2.05, 4.69) is 21.2 Å². The summed E-state index contributed by atoms with van der Waals surface area (Å²) in [5, 5.41) is 9.24. The maximum atomic E-state index is 13.4. The van der Waals surface area contributed by atoms with Crippen LogP contribution in [0, 0.1) is 0 Å². The molecule has 0 bridgehead atoms. The quantitative estimate of drug-likeness (QED) is 0.449. The number of carbonyl (C=O) groups is 3. The van der Waals surface area contributed by atoms with Crippen LogP contribution in [-0.2, 0) is 19.9 Å². The summed E-state index contributed by atoms with van der Waals surface area (Å²) in [5.41, 5.74) is 5.19. The molecule has 5 rings (SSSR count). The minimum Gasteiger partial charge on any atom is -0.302 e. The smallest absolute Gasteiger partial charge is 0.263 e. The fourth-order valence-corrected chi connectivity index (χ4v) is 4.18. The lowest BCUT2D eigenvalue weighted by molar-refractivity contribution is -0.132. The van der Waals surface area contributed by atoms with E-state index in [-0.39, 0.29) is 23.4 Å². The Morgan fingerprint density at radius 1 is 0.929 bits per heavy atom. The van der Waals surface area contributed by atoms with Gasteiger partial charge >= 0.3 is 0 Å². The fraction of sp³-hybridized carbons (Fsp3) is 0.105. The monoisotopic (exact) mass is 391 g/mol. The van der Waals surface area contributed by atoms with Crippen LogP contribution in [0.4, 0.5) is 0 Å². The topological polar surface area (TPSA) is 103 Å². The predicted molar refractivity (Wildman–Crippen MR) is 104 cm³/mol. The van der Waals surface area contributed by atoms with Crippen LogP contribution in [0.25, 0.3) is 11.1 Å². The Morgan fingerprint density at radius 3 is 2.11 bits per heavy atom. The van der Waals surface area contributed by atoms with E-state index in [9.17, 15) is 14.4 Å². The molecule has 9 heteroatoms. The molecule has 3 amide bonds. The van der Waals surface area contributed by atoms with Gasteiger partial charge in [-0.05, 0) is 23.3 Å². The molecule has 8 nitrogen and oxygen atoms in total. The summed E-state index contributed by atoms with van der Waals surface area (Å²) in [6.45, 7) is 0. The number of guanidine groups is 1. The Morgan fingerprint density at radius 2 is 1.54 bits per heavy atom. The van der Waals surface area contributed by atoms with Crippen LogP contribution in [0.5, 0.6) is 0 Å². The molecule has 2 aromatic rings. The van der Waals surface area contributed by atoms with Crippen molar-refractivity contribution in [1.29, 1.82) is 0 Å². The highest BCUT2D eigenvalue weighted by Crippen LogP contribution is 2.48. The fourth-order valence-electron chi connectivity index (χ4n) is 3.88. The highest BCUT2D eigenvalue weighted by molar-refractivity contribution is 7.80. The summed E-state index contributed by atoms with van der Waals surface area (Å²) >= 11 is 5.07. The number of benzene rings is 2. The number of amides is 3. The van der Waals surface area contributed by atoms with Crippen LogP contribution >= 0.6 is 12.2 Å². The molecule has 0 unspecified atom stereocenters. The van der Waals surface area contributed by atoms with Gasteiger partial charge in [-0.3, -0.25) is 25.1 Å². The number of hydrazone groups is 1. The van der Waals surface area contributed by atoms with Crippen molar-refractivity contribution >= 4 is 41.0 Å². The summed E-state index contributed by atoms with van der Waals surface area (Å²) < 4.78 is 0. The molecule has 1 fully saturated rings. The van der Waals surface area contributed by atoms with Crippen molar-refractivity contribution in [2.45, 2.75) is 12.0 Å². The Labute approximate surface area is 164 Å². The normalized spacial score (nSPS) is 19.4. The van der Waals surface area contributed by atoms with Crippen LogP contribution < -0.4 is 16.1 Å². The van der Waals surface area contributed by atoms with Gasteiger partial charge in [0.25, 0.3) is 5.91 Å². The minimum absolute atomic E-state index is 0.0625. The van der Waals surface area contributed by atoms with Crippen molar-refractivity contribution in [2.24, 2.45) is 5.10 Å². The third-order valence-corrected chi connectivity index (χ3v) is 5.35. The zero-order chi connectivity index (χ0) is 19.5. The van der Waals surface area contributed by atoms with Gasteiger partial charge in [-0.25, -0.2) is 4.90 Å². The molecule has 1 aliphatic carbocycles. The summed E-state index contributed by atoms with van der Waals surface area (Å²) in [7, 11) is 0. The number of fused-ring (bicyclic) bond motifs is 5. The number of rotatable bonds is 0. The average molecular weight is 391 g/mol. The van der Waals surface area contributed by atoms with E-state index < -0.39 is 17.4 Å². The van der Waals surface area contributed by atoms with Gasteiger partial charge < -0.3 is 5.32 Å². The van der Waals surface area contributed by atoms with Gasteiger partial charge in [-0.1, -0.05) is 48.5 Å². The first kappa shape index (κ1) is 16.6. The Balaban J connectivity index is 1.61. The Kier molecular flexibility index (Phi) is 3.37. The molecule has 2 aliphatic heterocycles. The largest absolute Gasteiger partial charge is 0.302 e. The molecule has 1 saturated heterocycles. The van der Waals surface area contributed by atoms with Crippen LogP contribution in [0.3, 0.4) is 0 Å². The van der Waals surface area contributed by atoms with Gasteiger partial charge in [0.15, 0.2) is 10.7 Å². The van der Waals surface area contributed by atoms with E-state index in [0.717, 1.165) is 27.2 Å². The maximum Gasteiger partial charge on any atom is 0.263 e. The summed E-state index contributed by atoms with van der Waals surface area (Å²) in [6, 6.07) is 15.2. The number of hydrogen-bond acceptors (Lipinski definition) is 6. The van der Waals surface area contributed by atoms with E-state index in [1.807, 2.05) is 48.5 Å². The first-order valence-corrected chi connectivity index (χ1v) is 8.95. The SMILES string of the molecule is O=C1CC(=O)N(C2=NNC3(C(=O)N2)c2ccccc2-c2ccccc23)C(=S)N1. The van der Waals surface area contributed by atoms with Gasteiger partial charge in [0.1, 0.15) is 6.42 Å². The summed E-state index contributed by atoms with van der Waals surface area (Å²) in [4.78, 5) is 38.1. The van der Waals surface area contributed by atoms with Crippen molar-refractivity contribution in [1.82, 2.24) is 21.0 Å². The van der Waals surface area contributed by atoms with Crippen molar-refractivity contribution in [2.75, 3.05) is 0 Å². The van der Waals surface area contributed by atoms with Crippen molar-refractivity contribution in [3.05, 3.63) is 59.7 Å². The van der Waals surface area contributed by atoms with Crippen molar-refractivity contribution < 1.29 is 14.4 Å². The second kappa shape index (κ2) is 5.70. The molecule has 2 heterocycles. The second-order valence-corrected chi connectivity index (χ2v) is 6.99. The Hall–Kier alpha value is -3.59. The van der Waals surface area contributed by atoms with E-state index in [1.54, 1.807) is 0 Å². The molecule has 0 aromatic heterocycles. The van der Waals surface area contributed by atoms with Crippen molar-refractivity contribution in [3.63, 3.8) is 0 Å². The molecule has 28 heavy (non-hydrogen) atoms. The average Bonchev–Trinajstić information content (AvgIpc) is 2.95. The number of carbonyl (C=O) groups excluding carboxylic acids is 3.